The number of amides is 1. The molecule has 3 rings (SSSR count). The molecule has 0 atom stereocenters. The van der Waals surface area contributed by atoms with Crippen molar-refractivity contribution in [2.24, 2.45) is 5.73 Å². The number of hydrogen-bond donors (Lipinski definition) is 1. The minimum absolute atomic E-state index is 0.117. The molecule has 2 N–H and O–H groups in total. The highest BCUT2D eigenvalue weighted by Gasteiger charge is 2.40. The summed E-state index contributed by atoms with van der Waals surface area (Å²) in [7, 11) is 0. The minimum atomic E-state index is -0.452. The summed E-state index contributed by atoms with van der Waals surface area (Å²) in [6.45, 7) is 6.91. The largest absolute Gasteiger partial charge is 0.444 e. The molecular formula is C16H22N2O2. The third-order valence-corrected chi connectivity index (χ3v) is 3.94. The predicted octanol–water partition coefficient (Wildman–Crippen LogP) is 2.89. The van der Waals surface area contributed by atoms with Gasteiger partial charge in [-0.2, -0.15) is 0 Å². The molecule has 0 bridgehead atoms. The van der Waals surface area contributed by atoms with Gasteiger partial charge in [-0.25, -0.2) is 4.79 Å². The molecular weight excluding hydrogens is 252 g/mol. The summed E-state index contributed by atoms with van der Waals surface area (Å²) in [5, 5.41) is 0. The zero-order valence-corrected chi connectivity index (χ0v) is 12.4. The number of ether oxygens (including phenoxy) is 1. The molecule has 108 valence electrons. The van der Waals surface area contributed by atoms with Crippen LogP contribution in [0.25, 0.3) is 0 Å². The maximum atomic E-state index is 12.1. The maximum absolute atomic E-state index is 12.1. The van der Waals surface area contributed by atoms with Crippen molar-refractivity contribution in [1.29, 1.82) is 0 Å². The molecule has 0 aromatic heterocycles. The highest BCUT2D eigenvalue weighted by atomic mass is 16.6. The molecule has 0 radical (unpaired) electrons. The molecule has 1 aromatic rings. The molecule has 1 aliphatic carbocycles. The van der Waals surface area contributed by atoms with Crippen LogP contribution in [-0.4, -0.2) is 16.6 Å². The average Bonchev–Trinajstić information content (AvgIpc) is 2.94. The van der Waals surface area contributed by atoms with Crippen LogP contribution in [0.3, 0.4) is 0 Å². The molecule has 1 heterocycles. The Balaban J connectivity index is 1.74. The van der Waals surface area contributed by atoms with Gasteiger partial charge in [-0.3, -0.25) is 4.90 Å². The first-order chi connectivity index (χ1) is 9.27. The lowest BCUT2D eigenvalue weighted by Crippen LogP contribution is -2.33. The van der Waals surface area contributed by atoms with Gasteiger partial charge in [0.1, 0.15) is 5.60 Å². The van der Waals surface area contributed by atoms with Crippen LogP contribution < -0.4 is 5.73 Å². The second kappa shape index (κ2) is 4.22. The lowest BCUT2D eigenvalue weighted by atomic mass is 10.0. The normalized spacial score (nSPS) is 19.7. The third-order valence-electron chi connectivity index (χ3n) is 3.94. The van der Waals surface area contributed by atoms with Crippen LogP contribution in [0.15, 0.2) is 18.2 Å². The van der Waals surface area contributed by atoms with Crippen LogP contribution in [0, 0.1) is 0 Å². The van der Waals surface area contributed by atoms with Gasteiger partial charge in [-0.15, -0.1) is 0 Å². The van der Waals surface area contributed by atoms with Crippen molar-refractivity contribution in [3.8, 4) is 0 Å². The number of hydrogen-bond acceptors (Lipinski definition) is 3. The van der Waals surface area contributed by atoms with Gasteiger partial charge in [0.15, 0.2) is 0 Å². The fourth-order valence-corrected chi connectivity index (χ4v) is 2.58. The smallest absolute Gasteiger partial charge is 0.410 e. The second-order valence-corrected chi connectivity index (χ2v) is 6.98. The van der Waals surface area contributed by atoms with Crippen LogP contribution >= 0.6 is 0 Å². The van der Waals surface area contributed by atoms with Crippen LogP contribution in [0.5, 0.6) is 0 Å². The minimum Gasteiger partial charge on any atom is -0.444 e. The molecule has 1 saturated carbocycles. The Bertz CT molecular complexity index is 556. The molecule has 20 heavy (non-hydrogen) atoms. The zero-order valence-electron chi connectivity index (χ0n) is 12.4. The highest BCUT2D eigenvalue weighted by Crippen LogP contribution is 2.43. The van der Waals surface area contributed by atoms with Gasteiger partial charge in [0.2, 0.25) is 0 Å². The summed E-state index contributed by atoms with van der Waals surface area (Å²) in [6, 6.07) is 6.36. The lowest BCUT2D eigenvalue weighted by molar-refractivity contribution is 0.0242. The van der Waals surface area contributed by atoms with Crippen LogP contribution in [-0.2, 0) is 23.4 Å². The third kappa shape index (κ3) is 2.52. The molecule has 0 saturated heterocycles. The topological polar surface area (TPSA) is 55.6 Å². The summed E-state index contributed by atoms with van der Waals surface area (Å²) in [6.07, 6.45) is 1.87. The Morgan fingerprint density at radius 2 is 1.90 bits per heavy atom. The summed E-state index contributed by atoms with van der Waals surface area (Å²) < 4.78 is 5.43. The van der Waals surface area contributed by atoms with Crippen molar-refractivity contribution < 1.29 is 9.53 Å². The number of rotatable bonds is 1. The van der Waals surface area contributed by atoms with E-state index in [1.54, 1.807) is 4.90 Å². The molecule has 0 spiro atoms. The highest BCUT2D eigenvalue weighted by molar-refractivity contribution is 5.69. The summed E-state index contributed by atoms with van der Waals surface area (Å²) in [5.74, 6) is 0. The summed E-state index contributed by atoms with van der Waals surface area (Å²) in [5.41, 5.74) is 9.26. The molecule has 0 unspecified atom stereocenters. The van der Waals surface area contributed by atoms with E-state index in [2.05, 4.69) is 18.2 Å². The maximum Gasteiger partial charge on any atom is 0.410 e. The average molecular weight is 274 g/mol. The second-order valence-electron chi connectivity index (χ2n) is 6.98. The van der Waals surface area contributed by atoms with Gasteiger partial charge in [0.05, 0.1) is 0 Å². The fraction of sp³-hybridized carbons (Fsp3) is 0.562. The van der Waals surface area contributed by atoms with Crippen LogP contribution in [0.1, 0.15) is 50.3 Å². The molecule has 1 amide bonds. The molecule has 1 aromatic carbocycles. The summed E-state index contributed by atoms with van der Waals surface area (Å²) in [4.78, 5) is 13.8. The first-order valence-electron chi connectivity index (χ1n) is 7.16. The number of benzene rings is 1. The Labute approximate surface area is 119 Å². The van der Waals surface area contributed by atoms with Gasteiger partial charge in [-0.05, 0) is 50.3 Å². The lowest BCUT2D eigenvalue weighted by Gasteiger charge is -2.24. The molecule has 1 fully saturated rings. The summed E-state index contributed by atoms with van der Waals surface area (Å²) >= 11 is 0. The predicted molar refractivity (Wildman–Crippen MR) is 77.0 cm³/mol. The van der Waals surface area contributed by atoms with Crippen LogP contribution in [0.4, 0.5) is 4.79 Å². The molecule has 4 nitrogen and oxygen atoms in total. The number of carbonyl (C=O) groups excluding carboxylic acids is 1. The molecule has 2 aliphatic rings. The fourth-order valence-electron chi connectivity index (χ4n) is 2.58. The molecule has 1 aliphatic heterocycles. The Hall–Kier alpha value is -1.55. The Morgan fingerprint density at radius 3 is 2.50 bits per heavy atom. The standard InChI is InChI=1S/C16H22N2O2/c1-15(2,3)20-14(19)18-9-11-4-5-13(8-12(11)10-18)16(17)6-7-16/h4-5,8H,6-7,9-10,17H2,1-3H3. The van der Waals surface area contributed by atoms with Crippen molar-refractivity contribution in [1.82, 2.24) is 4.90 Å². The van der Waals surface area contributed by atoms with Gasteiger partial charge in [-0.1, -0.05) is 18.2 Å². The van der Waals surface area contributed by atoms with E-state index in [1.807, 2.05) is 20.8 Å². The van der Waals surface area contributed by atoms with Gasteiger partial charge < -0.3 is 10.5 Å². The van der Waals surface area contributed by atoms with Crippen molar-refractivity contribution in [2.75, 3.05) is 0 Å². The van der Waals surface area contributed by atoms with E-state index in [0.29, 0.717) is 13.1 Å². The van der Waals surface area contributed by atoms with E-state index in [1.165, 1.54) is 16.7 Å². The number of carbonyl (C=O) groups is 1. The van der Waals surface area contributed by atoms with Crippen molar-refractivity contribution >= 4 is 6.09 Å². The van der Waals surface area contributed by atoms with Gasteiger partial charge in [0, 0.05) is 18.6 Å². The van der Waals surface area contributed by atoms with E-state index in [0.717, 1.165) is 12.8 Å². The quantitative estimate of drug-likeness (QED) is 0.856. The van der Waals surface area contributed by atoms with Crippen molar-refractivity contribution in [3.05, 3.63) is 34.9 Å². The van der Waals surface area contributed by atoms with E-state index in [-0.39, 0.29) is 11.6 Å². The SMILES string of the molecule is CC(C)(C)OC(=O)N1Cc2ccc(C3(N)CC3)cc2C1. The van der Waals surface area contributed by atoms with E-state index in [9.17, 15) is 4.79 Å². The Morgan fingerprint density at radius 1 is 1.25 bits per heavy atom. The van der Waals surface area contributed by atoms with Crippen molar-refractivity contribution in [2.45, 2.75) is 57.8 Å². The van der Waals surface area contributed by atoms with E-state index in [4.69, 9.17) is 10.5 Å². The van der Waals surface area contributed by atoms with Crippen molar-refractivity contribution in [3.63, 3.8) is 0 Å². The molecule has 4 heteroatoms. The van der Waals surface area contributed by atoms with Gasteiger partial charge >= 0.3 is 6.09 Å². The zero-order chi connectivity index (χ0) is 14.5. The Kier molecular flexibility index (Phi) is 2.83. The first-order valence-corrected chi connectivity index (χ1v) is 7.16. The monoisotopic (exact) mass is 274 g/mol. The van der Waals surface area contributed by atoms with E-state index >= 15 is 0 Å². The number of nitrogens with zero attached hydrogens (tertiary/aromatic N) is 1. The van der Waals surface area contributed by atoms with E-state index < -0.39 is 5.60 Å². The first kappa shape index (κ1) is 13.4. The van der Waals surface area contributed by atoms with Gasteiger partial charge in [0.25, 0.3) is 0 Å². The van der Waals surface area contributed by atoms with Crippen LogP contribution in [0.2, 0.25) is 0 Å². The number of nitrogens with two attached hydrogens (primary N) is 1. The number of fused-ring (bicyclic) bond motifs is 1.